The molecule has 0 bridgehead atoms. The Labute approximate surface area is 153 Å². The summed E-state index contributed by atoms with van der Waals surface area (Å²) < 4.78 is 34.6. The van der Waals surface area contributed by atoms with Crippen LogP contribution in [0.4, 0.5) is 8.78 Å². The maximum absolute atomic E-state index is 12.4. The number of carbonyl (C=O) groups excluding carboxylic acids is 1. The number of hydrogen-bond acceptors (Lipinski definition) is 6. The summed E-state index contributed by atoms with van der Waals surface area (Å²) in [6.07, 6.45) is 2.92. The molecule has 0 saturated heterocycles. The van der Waals surface area contributed by atoms with E-state index in [4.69, 9.17) is 4.42 Å². The Morgan fingerprint density at radius 2 is 2.07 bits per heavy atom. The molecule has 3 rings (SSSR count). The third kappa shape index (κ3) is 3.94. The number of Topliss-reactive ketones (excluding diaryl/α,β-unsaturated/α-hetero) is 1. The maximum atomic E-state index is 12.4. The lowest BCUT2D eigenvalue weighted by Gasteiger charge is -2.12. The first-order chi connectivity index (χ1) is 12.9. The molecule has 1 aromatic carbocycles. The highest BCUT2D eigenvalue weighted by molar-refractivity contribution is 5.86. The van der Waals surface area contributed by atoms with Gasteiger partial charge < -0.3 is 14.3 Å². The number of aromatic hydroxyl groups is 1. The number of phenolic OH excluding ortho intramolecular Hbond substituents is 1. The van der Waals surface area contributed by atoms with E-state index in [1.807, 2.05) is 13.0 Å². The van der Waals surface area contributed by atoms with E-state index in [0.717, 1.165) is 5.56 Å². The zero-order valence-electron chi connectivity index (χ0n) is 14.5. The van der Waals surface area contributed by atoms with E-state index in [0.29, 0.717) is 17.0 Å². The van der Waals surface area contributed by atoms with Crippen LogP contribution >= 0.6 is 0 Å². The van der Waals surface area contributed by atoms with Gasteiger partial charge in [0.2, 0.25) is 5.89 Å². The molecule has 0 radical (unpaired) electrons. The first-order valence-corrected chi connectivity index (χ1v) is 8.02. The maximum Gasteiger partial charge on any atom is 0.387 e. The Kier molecular flexibility index (Phi) is 5.16. The van der Waals surface area contributed by atoms with Gasteiger partial charge in [0.15, 0.2) is 11.5 Å². The van der Waals surface area contributed by atoms with Crippen molar-refractivity contribution < 1.29 is 27.8 Å². The van der Waals surface area contributed by atoms with Crippen LogP contribution in [0.1, 0.15) is 29.8 Å². The Morgan fingerprint density at radius 1 is 1.30 bits per heavy atom. The Bertz CT molecular complexity index is 972. The number of alkyl halides is 2. The second-order valence-electron chi connectivity index (χ2n) is 5.89. The number of rotatable bonds is 6. The van der Waals surface area contributed by atoms with Gasteiger partial charge in [0, 0.05) is 11.8 Å². The quantitative estimate of drug-likeness (QED) is 0.700. The van der Waals surface area contributed by atoms with E-state index in [9.17, 15) is 18.7 Å². The molecule has 0 amide bonds. The van der Waals surface area contributed by atoms with E-state index in [1.54, 1.807) is 12.3 Å². The SMILES string of the molecule is CC(=O)C(c1coc(-c2ccc(O)c(OC(F)F)c2)n1)c1ncccc1C. The van der Waals surface area contributed by atoms with Crippen molar-refractivity contribution in [2.24, 2.45) is 0 Å². The van der Waals surface area contributed by atoms with Gasteiger partial charge in [-0.2, -0.15) is 8.78 Å². The second kappa shape index (κ2) is 7.53. The summed E-state index contributed by atoms with van der Waals surface area (Å²) in [5, 5.41) is 9.61. The Hall–Kier alpha value is -3.29. The number of phenols is 1. The summed E-state index contributed by atoms with van der Waals surface area (Å²) in [6, 6.07) is 7.44. The van der Waals surface area contributed by atoms with E-state index in [1.165, 1.54) is 31.4 Å². The third-order valence-corrected chi connectivity index (χ3v) is 3.97. The number of carbonyl (C=O) groups is 1. The van der Waals surface area contributed by atoms with E-state index >= 15 is 0 Å². The number of ketones is 1. The minimum Gasteiger partial charge on any atom is -0.504 e. The summed E-state index contributed by atoms with van der Waals surface area (Å²) in [5.41, 5.74) is 2.07. The zero-order valence-corrected chi connectivity index (χ0v) is 14.5. The van der Waals surface area contributed by atoms with Crippen LogP contribution in [0, 0.1) is 6.92 Å². The highest BCUT2D eigenvalue weighted by atomic mass is 19.3. The molecule has 1 unspecified atom stereocenters. The zero-order chi connectivity index (χ0) is 19.6. The number of aryl methyl sites for hydroxylation is 1. The first-order valence-electron chi connectivity index (χ1n) is 8.02. The molecule has 1 N–H and O–H groups in total. The molecule has 2 aromatic heterocycles. The van der Waals surface area contributed by atoms with Crippen molar-refractivity contribution in [3.05, 3.63) is 59.7 Å². The molecule has 0 fully saturated rings. The molecule has 27 heavy (non-hydrogen) atoms. The summed E-state index contributed by atoms with van der Waals surface area (Å²) in [5.74, 6) is -1.60. The molecule has 0 spiro atoms. The predicted molar refractivity (Wildman–Crippen MR) is 91.7 cm³/mol. The molecule has 3 aromatic rings. The Morgan fingerprint density at radius 3 is 2.74 bits per heavy atom. The largest absolute Gasteiger partial charge is 0.504 e. The van der Waals surface area contributed by atoms with Crippen LogP contribution in [-0.2, 0) is 4.79 Å². The van der Waals surface area contributed by atoms with E-state index < -0.39 is 24.0 Å². The molecule has 0 aliphatic rings. The lowest BCUT2D eigenvalue weighted by Crippen LogP contribution is -2.14. The van der Waals surface area contributed by atoms with Gasteiger partial charge in [-0.1, -0.05) is 6.07 Å². The molecule has 1 atom stereocenters. The molecule has 8 heteroatoms. The minimum absolute atomic E-state index is 0.101. The van der Waals surface area contributed by atoms with Crippen LogP contribution in [-0.4, -0.2) is 27.5 Å². The summed E-state index contributed by atoms with van der Waals surface area (Å²) in [4.78, 5) is 20.8. The molecule has 0 saturated carbocycles. The van der Waals surface area contributed by atoms with E-state index in [-0.39, 0.29) is 11.7 Å². The number of hydrogen-bond donors (Lipinski definition) is 1. The lowest BCUT2D eigenvalue weighted by atomic mass is 9.94. The highest BCUT2D eigenvalue weighted by Gasteiger charge is 2.26. The van der Waals surface area contributed by atoms with Crippen molar-refractivity contribution in [1.82, 2.24) is 9.97 Å². The Balaban J connectivity index is 1.98. The number of pyridine rings is 1. The lowest BCUT2D eigenvalue weighted by molar-refractivity contribution is -0.117. The number of oxazole rings is 1. The van der Waals surface area contributed by atoms with Gasteiger partial charge >= 0.3 is 6.61 Å². The van der Waals surface area contributed by atoms with Gasteiger partial charge in [0.05, 0.1) is 11.4 Å². The predicted octanol–water partition coefficient (Wildman–Crippen LogP) is 4.07. The number of aromatic nitrogens is 2. The van der Waals surface area contributed by atoms with Crippen molar-refractivity contribution in [2.75, 3.05) is 0 Å². The average Bonchev–Trinajstić information content (AvgIpc) is 3.07. The first kappa shape index (κ1) is 18.5. The normalized spacial score (nSPS) is 12.2. The smallest absolute Gasteiger partial charge is 0.387 e. The number of benzene rings is 1. The van der Waals surface area contributed by atoms with Crippen molar-refractivity contribution in [1.29, 1.82) is 0 Å². The number of halogens is 2. The number of ether oxygens (including phenoxy) is 1. The van der Waals surface area contributed by atoms with Crippen molar-refractivity contribution in [3.63, 3.8) is 0 Å². The summed E-state index contributed by atoms with van der Waals surface area (Å²) in [7, 11) is 0. The van der Waals surface area contributed by atoms with Crippen LogP contribution in [0.2, 0.25) is 0 Å². The van der Waals surface area contributed by atoms with Crippen molar-refractivity contribution >= 4 is 5.78 Å². The second-order valence-corrected chi connectivity index (χ2v) is 5.89. The van der Waals surface area contributed by atoms with Gasteiger partial charge in [-0.25, -0.2) is 4.98 Å². The van der Waals surface area contributed by atoms with Gasteiger partial charge in [-0.3, -0.25) is 9.78 Å². The average molecular weight is 374 g/mol. The summed E-state index contributed by atoms with van der Waals surface area (Å²) in [6.45, 7) is 0.190. The van der Waals surface area contributed by atoms with E-state index in [2.05, 4.69) is 14.7 Å². The van der Waals surface area contributed by atoms with Crippen molar-refractivity contribution in [3.8, 4) is 23.0 Å². The molecular weight excluding hydrogens is 358 g/mol. The highest BCUT2D eigenvalue weighted by Crippen LogP contribution is 2.34. The third-order valence-electron chi connectivity index (χ3n) is 3.97. The van der Waals surface area contributed by atoms with Crippen molar-refractivity contribution in [2.45, 2.75) is 26.4 Å². The molecule has 6 nitrogen and oxygen atoms in total. The fourth-order valence-corrected chi connectivity index (χ4v) is 2.73. The standard InChI is InChI=1S/C19H16F2N2O4/c1-10-4-3-7-22-17(10)16(11(2)24)13-9-26-18(23-13)12-5-6-14(25)15(8-12)27-19(20)21/h3-9,16,19,25H,1-2H3. The number of nitrogens with zero attached hydrogens (tertiary/aromatic N) is 2. The van der Waals surface area contributed by atoms with Crippen LogP contribution < -0.4 is 4.74 Å². The van der Waals surface area contributed by atoms with Crippen LogP contribution in [0.25, 0.3) is 11.5 Å². The molecule has 2 heterocycles. The van der Waals surface area contributed by atoms with Gasteiger partial charge in [-0.15, -0.1) is 0 Å². The molecule has 0 aliphatic carbocycles. The topological polar surface area (TPSA) is 85.5 Å². The van der Waals surface area contributed by atoms with Crippen LogP contribution in [0.5, 0.6) is 11.5 Å². The molecule has 140 valence electrons. The molecular formula is C19H16F2N2O4. The monoisotopic (exact) mass is 374 g/mol. The fraction of sp³-hybridized carbons (Fsp3) is 0.211. The summed E-state index contributed by atoms with van der Waals surface area (Å²) >= 11 is 0. The minimum atomic E-state index is -3.08. The van der Waals surface area contributed by atoms with Gasteiger partial charge in [0.25, 0.3) is 0 Å². The van der Waals surface area contributed by atoms with Gasteiger partial charge in [-0.05, 0) is 43.7 Å². The van der Waals surface area contributed by atoms with Crippen LogP contribution in [0.15, 0.2) is 47.2 Å². The van der Waals surface area contributed by atoms with Gasteiger partial charge in [0.1, 0.15) is 18.0 Å². The molecule has 0 aliphatic heterocycles. The van der Waals surface area contributed by atoms with Crippen LogP contribution in [0.3, 0.4) is 0 Å². The fourth-order valence-electron chi connectivity index (χ4n) is 2.73.